The van der Waals surface area contributed by atoms with Crippen molar-refractivity contribution in [2.24, 2.45) is 5.73 Å². The highest BCUT2D eigenvalue weighted by molar-refractivity contribution is 5.87. The van der Waals surface area contributed by atoms with E-state index in [9.17, 15) is 9.90 Å². The van der Waals surface area contributed by atoms with E-state index in [4.69, 9.17) is 5.73 Å². The minimum atomic E-state index is -0.681. The summed E-state index contributed by atoms with van der Waals surface area (Å²) in [6.07, 6.45) is 8.76. The number of hydrogen-bond acceptors (Lipinski definition) is 3. The van der Waals surface area contributed by atoms with Crippen LogP contribution in [0.1, 0.15) is 57.8 Å². The predicted octanol–water partition coefficient (Wildman–Crippen LogP) is 1.07. The molecule has 2 rings (SSSR count). The average Bonchev–Trinajstić information content (AvgIpc) is 2.79. The van der Waals surface area contributed by atoms with Crippen molar-refractivity contribution in [3.63, 3.8) is 0 Å². The number of nitrogens with two attached hydrogens (primary N) is 1. The van der Waals surface area contributed by atoms with Crippen LogP contribution in [0.15, 0.2) is 0 Å². The number of aliphatic hydroxyl groups excluding tert-OH is 1. The number of nitrogens with one attached hydrogen (secondary N) is 1. The molecule has 2 fully saturated rings. The van der Waals surface area contributed by atoms with Gasteiger partial charge in [0.05, 0.1) is 17.7 Å². The van der Waals surface area contributed by atoms with Gasteiger partial charge in [-0.15, -0.1) is 0 Å². The van der Waals surface area contributed by atoms with E-state index in [1.807, 2.05) is 0 Å². The van der Waals surface area contributed by atoms with Crippen LogP contribution in [0.25, 0.3) is 0 Å². The summed E-state index contributed by atoms with van der Waals surface area (Å²) >= 11 is 0. The Morgan fingerprint density at radius 1 is 1.06 bits per heavy atom. The third kappa shape index (κ3) is 2.63. The van der Waals surface area contributed by atoms with E-state index in [2.05, 4.69) is 5.32 Å². The summed E-state index contributed by atoms with van der Waals surface area (Å²) in [5.74, 6) is -0.0500. The minimum absolute atomic E-state index is 0.0365. The maximum Gasteiger partial charge on any atom is 0.240 e. The number of rotatable bonds is 3. The van der Waals surface area contributed by atoms with Gasteiger partial charge in [0.15, 0.2) is 0 Å². The summed E-state index contributed by atoms with van der Waals surface area (Å²) < 4.78 is 0. The summed E-state index contributed by atoms with van der Waals surface area (Å²) in [4.78, 5) is 12.3. The molecule has 2 saturated carbocycles. The van der Waals surface area contributed by atoms with Crippen LogP contribution in [0.4, 0.5) is 0 Å². The molecule has 0 aliphatic heterocycles. The van der Waals surface area contributed by atoms with E-state index >= 15 is 0 Å². The van der Waals surface area contributed by atoms with Crippen LogP contribution in [0, 0.1) is 0 Å². The fourth-order valence-electron chi connectivity index (χ4n) is 3.15. The van der Waals surface area contributed by atoms with Crippen LogP contribution < -0.4 is 11.1 Å². The molecule has 1 amide bonds. The quantitative estimate of drug-likeness (QED) is 0.690. The van der Waals surface area contributed by atoms with Gasteiger partial charge in [-0.2, -0.15) is 0 Å². The van der Waals surface area contributed by atoms with E-state index in [-0.39, 0.29) is 12.5 Å². The average molecular weight is 240 g/mol. The van der Waals surface area contributed by atoms with Crippen molar-refractivity contribution in [1.29, 1.82) is 0 Å². The fraction of sp³-hybridized carbons (Fsp3) is 0.923. The zero-order chi connectivity index (χ0) is 12.4. The summed E-state index contributed by atoms with van der Waals surface area (Å²) in [5, 5.41) is 12.6. The molecule has 0 unspecified atom stereocenters. The molecule has 4 heteroatoms. The van der Waals surface area contributed by atoms with Gasteiger partial charge in [0.1, 0.15) is 0 Å². The molecule has 0 spiro atoms. The normalized spacial score (nSPS) is 26.7. The highest BCUT2D eigenvalue weighted by Gasteiger charge is 2.41. The molecule has 4 N–H and O–H groups in total. The molecule has 0 radical (unpaired) electrons. The number of carbonyl (C=O) groups excluding carboxylic acids is 1. The van der Waals surface area contributed by atoms with Crippen LogP contribution in [-0.2, 0) is 4.79 Å². The van der Waals surface area contributed by atoms with Gasteiger partial charge in [0.2, 0.25) is 5.91 Å². The van der Waals surface area contributed by atoms with Crippen molar-refractivity contribution in [1.82, 2.24) is 5.32 Å². The van der Waals surface area contributed by atoms with Crippen LogP contribution in [0.5, 0.6) is 0 Å². The second-order valence-electron chi connectivity index (χ2n) is 5.82. The van der Waals surface area contributed by atoms with Gasteiger partial charge in [-0.25, -0.2) is 0 Å². The molecular weight excluding hydrogens is 216 g/mol. The van der Waals surface area contributed by atoms with E-state index in [1.54, 1.807) is 0 Å². The van der Waals surface area contributed by atoms with Gasteiger partial charge in [0, 0.05) is 0 Å². The summed E-state index contributed by atoms with van der Waals surface area (Å²) in [5.41, 5.74) is 5.06. The van der Waals surface area contributed by atoms with E-state index in [0.717, 1.165) is 51.4 Å². The summed E-state index contributed by atoms with van der Waals surface area (Å²) in [7, 11) is 0. The lowest BCUT2D eigenvalue weighted by molar-refractivity contribution is -0.129. The lowest BCUT2D eigenvalue weighted by Crippen LogP contribution is -2.61. The van der Waals surface area contributed by atoms with Gasteiger partial charge >= 0.3 is 0 Å². The number of aliphatic hydroxyl groups is 1. The largest absolute Gasteiger partial charge is 0.394 e. The molecule has 17 heavy (non-hydrogen) atoms. The zero-order valence-corrected chi connectivity index (χ0v) is 10.5. The Kier molecular flexibility index (Phi) is 3.73. The maximum atomic E-state index is 12.3. The Balaban J connectivity index is 2.00. The molecule has 98 valence electrons. The molecular formula is C13H24N2O2. The van der Waals surface area contributed by atoms with E-state index in [1.165, 1.54) is 6.42 Å². The van der Waals surface area contributed by atoms with Gasteiger partial charge in [0.25, 0.3) is 0 Å². The monoisotopic (exact) mass is 240 g/mol. The lowest BCUT2D eigenvalue weighted by atomic mass is 9.81. The van der Waals surface area contributed by atoms with Gasteiger partial charge < -0.3 is 16.2 Å². The van der Waals surface area contributed by atoms with Gasteiger partial charge in [-0.1, -0.05) is 32.1 Å². The first-order chi connectivity index (χ1) is 8.10. The Bertz CT molecular complexity index is 279. The Morgan fingerprint density at radius 2 is 1.59 bits per heavy atom. The fourth-order valence-corrected chi connectivity index (χ4v) is 3.15. The zero-order valence-electron chi connectivity index (χ0n) is 10.5. The summed E-state index contributed by atoms with van der Waals surface area (Å²) in [6, 6.07) is 0. The molecule has 2 aliphatic rings. The molecule has 0 aromatic heterocycles. The molecule has 0 atom stereocenters. The lowest BCUT2D eigenvalue weighted by Gasteiger charge is -2.39. The highest BCUT2D eigenvalue weighted by atomic mass is 16.3. The second kappa shape index (κ2) is 4.94. The molecule has 0 saturated heterocycles. The van der Waals surface area contributed by atoms with Crippen molar-refractivity contribution in [2.45, 2.75) is 68.9 Å². The molecule has 2 aliphatic carbocycles. The Hall–Kier alpha value is -0.610. The smallest absolute Gasteiger partial charge is 0.240 e. The van der Waals surface area contributed by atoms with Crippen LogP contribution in [-0.4, -0.2) is 28.7 Å². The van der Waals surface area contributed by atoms with Crippen LogP contribution in [0.2, 0.25) is 0 Å². The standard InChI is InChI=1S/C13H24N2O2/c14-13(8-4-5-9-13)11(17)15-12(10-16)6-2-1-3-7-12/h16H,1-10,14H2,(H,15,17). The second-order valence-corrected chi connectivity index (χ2v) is 5.82. The number of carbonyl (C=O) groups is 1. The SMILES string of the molecule is NC1(C(=O)NC2(CO)CCCCC2)CCCC1. The third-order valence-corrected chi connectivity index (χ3v) is 4.44. The van der Waals surface area contributed by atoms with Crippen molar-refractivity contribution in [3.05, 3.63) is 0 Å². The van der Waals surface area contributed by atoms with Crippen LogP contribution in [0.3, 0.4) is 0 Å². The van der Waals surface area contributed by atoms with Crippen molar-refractivity contribution in [3.8, 4) is 0 Å². The van der Waals surface area contributed by atoms with Gasteiger partial charge in [-0.05, 0) is 25.7 Å². The minimum Gasteiger partial charge on any atom is -0.394 e. The predicted molar refractivity (Wildman–Crippen MR) is 66.4 cm³/mol. The molecule has 4 nitrogen and oxygen atoms in total. The molecule has 0 aromatic rings. The highest BCUT2D eigenvalue weighted by Crippen LogP contribution is 2.31. The summed E-state index contributed by atoms with van der Waals surface area (Å²) in [6.45, 7) is 0.0365. The van der Waals surface area contributed by atoms with Crippen molar-refractivity contribution >= 4 is 5.91 Å². The molecule has 0 bridgehead atoms. The maximum absolute atomic E-state index is 12.3. The Morgan fingerprint density at radius 3 is 2.12 bits per heavy atom. The van der Waals surface area contributed by atoms with E-state index < -0.39 is 11.1 Å². The van der Waals surface area contributed by atoms with Crippen molar-refractivity contribution < 1.29 is 9.90 Å². The van der Waals surface area contributed by atoms with Crippen LogP contribution >= 0.6 is 0 Å². The Labute approximate surface area is 103 Å². The topological polar surface area (TPSA) is 75.4 Å². The third-order valence-electron chi connectivity index (χ3n) is 4.44. The first-order valence-electron chi connectivity index (χ1n) is 6.83. The first-order valence-corrected chi connectivity index (χ1v) is 6.83. The van der Waals surface area contributed by atoms with E-state index in [0.29, 0.717) is 0 Å². The first kappa shape index (κ1) is 12.8. The molecule has 0 heterocycles. The number of amides is 1. The number of hydrogen-bond donors (Lipinski definition) is 3. The van der Waals surface area contributed by atoms with Gasteiger partial charge in [-0.3, -0.25) is 4.79 Å². The van der Waals surface area contributed by atoms with Crippen molar-refractivity contribution in [2.75, 3.05) is 6.61 Å². The molecule has 0 aromatic carbocycles.